The van der Waals surface area contributed by atoms with E-state index in [0.717, 1.165) is 16.7 Å². The van der Waals surface area contributed by atoms with Gasteiger partial charge in [-0.15, -0.1) is 11.3 Å². The average Bonchev–Trinajstić information content (AvgIpc) is 3.51. The number of ether oxygens (including phenoxy) is 1. The van der Waals surface area contributed by atoms with E-state index in [1.165, 1.54) is 17.4 Å². The standard InChI is InChI=1S/C28H21ClN2O4S/c1-3-34-28(33)25-23(18-6-4-17(2)5-7-18)16-36-27(25)31-26(32)20(15-30)14-22-12-13-24(35-22)19-8-10-21(29)11-9-19/h4-14,16H,3H2,1-2H3,(H,31,32). The van der Waals surface area contributed by atoms with Crippen molar-refractivity contribution in [2.24, 2.45) is 0 Å². The van der Waals surface area contributed by atoms with Crippen LogP contribution < -0.4 is 5.32 Å². The molecule has 0 fully saturated rings. The zero-order chi connectivity index (χ0) is 25.7. The Morgan fingerprint density at radius 3 is 2.44 bits per heavy atom. The predicted molar refractivity (Wildman–Crippen MR) is 142 cm³/mol. The number of nitrogens with one attached hydrogen (secondary N) is 1. The number of halogens is 1. The van der Waals surface area contributed by atoms with Crippen LogP contribution in [0.5, 0.6) is 0 Å². The van der Waals surface area contributed by atoms with Gasteiger partial charge in [0, 0.05) is 27.6 Å². The highest BCUT2D eigenvalue weighted by atomic mass is 35.5. The summed E-state index contributed by atoms with van der Waals surface area (Å²) in [5, 5.41) is 15.0. The molecule has 4 rings (SSSR count). The van der Waals surface area contributed by atoms with Crippen LogP contribution in [0.3, 0.4) is 0 Å². The summed E-state index contributed by atoms with van der Waals surface area (Å²) in [6.07, 6.45) is 1.35. The largest absolute Gasteiger partial charge is 0.462 e. The minimum Gasteiger partial charge on any atom is -0.462 e. The quantitative estimate of drug-likeness (QED) is 0.157. The summed E-state index contributed by atoms with van der Waals surface area (Å²) in [7, 11) is 0. The number of nitriles is 1. The van der Waals surface area contributed by atoms with Crippen molar-refractivity contribution in [2.45, 2.75) is 13.8 Å². The van der Waals surface area contributed by atoms with E-state index in [-0.39, 0.29) is 17.7 Å². The second-order valence-electron chi connectivity index (χ2n) is 7.77. The molecule has 180 valence electrons. The fourth-order valence-corrected chi connectivity index (χ4v) is 4.54. The molecule has 0 atom stereocenters. The first-order valence-corrected chi connectivity index (χ1v) is 12.3. The number of esters is 1. The minimum absolute atomic E-state index is 0.174. The molecule has 0 unspecified atom stereocenters. The van der Waals surface area contributed by atoms with Crippen molar-refractivity contribution >= 4 is 45.9 Å². The molecule has 1 N–H and O–H groups in total. The lowest BCUT2D eigenvalue weighted by molar-refractivity contribution is -0.112. The van der Waals surface area contributed by atoms with Crippen LogP contribution >= 0.6 is 22.9 Å². The summed E-state index contributed by atoms with van der Waals surface area (Å²) in [4.78, 5) is 25.8. The molecule has 6 nitrogen and oxygen atoms in total. The van der Waals surface area contributed by atoms with Gasteiger partial charge in [0.1, 0.15) is 33.7 Å². The number of thiophene rings is 1. The number of amides is 1. The Kier molecular flexibility index (Phi) is 7.69. The van der Waals surface area contributed by atoms with E-state index in [4.69, 9.17) is 20.8 Å². The van der Waals surface area contributed by atoms with Gasteiger partial charge in [-0.3, -0.25) is 4.79 Å². The molecule has 1 amide bonds. The smallest absolute Gasteiger partial charge is 0.341 e. The summed E-state index contributed by atoms with van der Waals surface area (Å²) >= 11 is 7.13. The molecule has 4 aromatic rings. The third-order valence-electron chi connectivity index (χ3n) is 5.27. The molecule has 0 aliphatic heterocycles. The van der Waals surface area contributed by atoms with Gasteiger partial charge in [-0.25, -0.2) is 4.79 Å². The number of nitrogens with zero attached hydrogens (tertiary/aromatic N) is 1. The molecule has 0 bridgehead atoms. The minimum atomic E-state index is -0.662. The number of carbonyl (C=O) groups is 2. The monoisotopic (exact) mass is 516 g/mol. The Balaban J connectivity index is 1.61. The van der Waals surface area contributed by atoms with Gasteiger partial charge in [-0.2, -0.15) is 5.26 Å². The fourth-order valence-electron chi connectivity index (χ4n) is 3.46. The van der Waals surface area contributed by atoms with Gasteiger partial charge in [0.2, 0.25) is 0 Å². The van der Waals surface area contributed by atoms with Crippen molar-refractivity contribution in [3.05, 3.63) is 93.5 Å². The highest BCUT2D eigenvalue weighted by Crippen LogP contribution is 2.36. The maximum atomic E-state index is 13.0. The van der Waals surface area contributed by atoms with Crippen molar-refractivity contribution in [3.63, 3.8) is 0 Å². The first-order valence-electron chi connectivity index (χ1n) is 11.0. The van der Waals surface area contributed by atoms with Gasteiger partial charge < -0.3 is 14.5 Å². The zero-order valence-corrected chi connectivity index (χ0v) is 21.1. The van der Waals surface area contributed by atoms with Gasteiger partial charge >= 0.3 is 5.97 Å². The lowest BCUT2D eigenvalue weighted by atomic mass is 10.0. The van der Waals surface area contributed by atoms with Crippen molar-refractivity contribution in [2.75, 3.05) is 11.9 Å². The number of hydrogen-bond acceptors (Lipinski definition) is 6. The molecule has 0 aliphatic carbocycles. The van der Waals surface area contributed by atoms with Crippen LogP contribution in [0, 0.1) is 18.3 Å². The van der Waals surface area contributed by atoms with Gasteiger partial charge in [-0.05, 0) is 55.8 Å². The van der Waals surface area contributed by atoms with E-state index in [1.54, 1.807) is 36.6 Å². The van der Waals surface area contributed by atoms with E-state index in [0.29, 0.717) is 27.1 Å². The zero-order valence-electron chi connectivity index (χ0n) is 19.5. The first kappa shape index (κ1) is 25.0. The normalized spacial score (nSPS) is 11.1. The van der Waals surface area contributed by atoms with E-state index in [9.17, 15) is 14.9 Å². The lowest BCUT2D eigenvalue weighted by Gasteiger charge is -2.09. The molecular formula is C28H21ClN2O4S. The molecule has 8 heteroatoms. The van der Waals surface area contributed by atoms with Crippen LogP contribution in [0.15, 0.2) is 76.0 Å². The lowest BCUT2D eigenvalue weighted by Crippen LogP contribution is -2.16. The highest BCUT2D eigenvalue weighted by Gasteiger charge is 2.24. The van der Waals surface area contributed by atoms with Crippen molar-refractivity contribution in [1.82, 2.24) is 0 Å². The fraction of sp³-hybridized carbons (Fsp3) is 0.107. The van der Waals surface area contributed by atoms with Gasteiger partial charge in [0.15, 0.2) is 0 Å². The van der Waals surface area contributed by atoms with E-state index in [1.807, 2.05) is 49.4 Å². The van der Waals surface area contributed by atoms with Crippen molar-refractivity contribution < 1.29 is 18.7 Å². The Labute approximate surface area is 217 Å². The topological polar surface area (TPSA) is 92.3 Å². The summed E-state index contributed by atoms with van der Waals surface area (Å²) in [6, 6.07) is 20.1. The van der Waals surface area contributed by atoms with Crippen LogP contribution in [-0.4, -0.2) is 18.5 Å². The Morgan fingerprint density at radius 2 is 1.78 bits per heavy atom. The molecule has 0 aliphatic rings. The molecule has 0 spiro atoms. The predicted octanol–water partition coefficient (Wildman–Crippen LogP) is 7.36. The van der Waals surface area contributed by atoms with Crippen LogP contribution in [-0.2, 0) is 9.53 Å². The van der Waals surface area contributed by atoms with Crippen LogP contribution in [0.2, 0.25) is 5.02 Å². The number of aryl methyl sites for hydroxylation is 1. The van der Waals surface area contributed by atoms with E-state index < -0.39 is 11.9 Å². The Morgan fingerprint density at radius 1 is 1.08 bits per heavy atom. The van der Waals surface area contributed by atoms with E-state index in [2.05, 4.69) is 5.32 Å². The molecule has 2 heterocycles. The molecular weight excluding hydrogens is 496 g/mol. The molecule has 2 aromatic carbocycles. The SMILES string of the molecule is CCOC(=O)c1c(-c2ccc(C)cc2)csc1NC(=O)C(C#N)=Cc1ccc(-c2ccc(Cl)cc2)o1. The highest BCUT2D eigenvalue weighted by molar-refractivity contribution is 7.15. The van der Waals surface area contributed by atoms with E-state index >= 15 is 0 Å². The molecule has 0 saturated carbocycles. The van der Waals surface area contributed by atoms with Crippen molar-refractivity contribution in [3.8, 4) is 28.5 Å². The number of carbonyl (C=O) groups excluding carboxylic acids is 2. The van der Waals surface area contributed by atoms with Gasteiger partial charge in [0.05, 0.1) is 6.61 Å². The number of benzene rings is 2. The van der Waals surface area contributed by atoms with Crippen molar-refractivity contribution in [1.29, 1.82) is 5.26 Å². The molecule has 0 saturated heterocycles. The number of anilines is 1. The summed E-state index contributed by atoms with van der Waals surface area (Å²) in [6.45, 7) is 3.88. The van der Waals surface area contributed by atoms with Gasteiger partial charge in [0.25, 0.3) is 5.91 Å². The molecule has 2 aromatic heterocycles. The average molecular weight is 517 g/mol. The van der Waals surface area contributed by atoms with Gasteiger partial charge in [-0.1, -0.05) is 41.4 Å². The second-order valence-corrected chi connectivity index (χ2v) is 9.09. The maximum absolute atomic E-state index is 13.0. The molecule has 0 radical (unpaired) electrons. The Hall–Kier alpha value is -4.12. The van der Waals surface area contributed by atoms with Crippen LogP contribution in [0.4, 0.5) is 5.00 Å². The molecule has 36 heavy (non-hydrogen) atoms. The number of rotatable bonds is 7. The maximum Gasteiger partial charge on any atom is 0.341 e. The van der Waals surface area contributed by atoms with Crippen LogP contribution in [0.1, 0.15) is 28.6 Å². The summed E-state index contributed by atoms with van der Waals surface area (Å²) in [5.74, 6) is -0.305. The third-order valence-corrected chi connectivity index (χ3v) is 6.41. The Bertz CT molecular complexity index is 1480. The summed E-state index contributed by atoms with van der Waals surface area (Å²) < 4.78 is 11.0. The second kappa shape index (κ2) is 11.1. The third kappa shape index (κ3) is 5.57. The number of furan rings is 1. The first-order chi connectivity index (χ1) is 17.4. The number of hydrogen-bond donors (Lipinski definition) is 1. The summed E-state index contributed by atoms with van der Waals surface area (Å²) in [5.41, 5.74) is 3.44. The van der Waals surface area contributed by atoms with Crippen LogP contribution in [0.25, 0.3) is 28.5 Å².